The Bertz CT molecular complexity index is 1250. The van der Waals surface area contributed by atoms with E-state index in [4.69, 9.17) is 32.7 Å². The van der Waals surface area contributed by atoms with Gasteiger partial charge in [0.1, 0.15) is 12.4 Å². The Morgan fingerprint density at radius 1 is 1.09 bits per heavy atom. The normalized spacial score (nSPS) is 15.7. The molecule has 168 valence electrons. The first-order valence-corrected chi connectivity index (χ1v) is 11.3. The van der Waals surface area contributed by atoms with Crippen molar-refractivity contribution in [2.75, 3.05) is 7.11 Å². The molecule has 0 radical (unpaired) electrons. The predicted octanol–water partition coefficient (Wildman–Crippen LogP) is 6.61. The molecule has 33 heavy (non-hydrogen) atoms. The molecule has 1 heterocycles. The summed E-state index contributed by atoms with van der Waals surface area (Å²) in [5.74, 6) is 0.193. The maximum Gasteiger partial charge on any atom is 0.264 e. The van der Waals surface area contributed by atoms with Crippen molar-refractivity contribution in [3.8, 4) is 11.5 Å². The Hall–Kier alpha value is -3.00. The molecule has 9 heteroatoms. The first-order chi connectivity index (χ1) is 15.9. The van der Waals surface area contributed by atoms with Gasteiger partial charge in [0.25, 0.3) is 5.91 Å². The molecule has 0 unspecified atom stereocenters. The summed E-state index contributed by atoms with van der Waals surface area (Å²) in [5, 5.41) is 4.09. The van der Waals surface area contributed by atoms with E-state index in [1.807, 2.05) is 12.1 Å². The van der Waals surface area contributed by atoms with Crippen molar-refractivity contribution in [1.29, 1.82) is 0 Å². The third kappa shape index (κ3) is 5.87. The van der Waals surface area contributed by atoms with Crippen LogP contribution in [0.4, 0.5) is 10.1 Å². The molecule has 0 bridgehead atoms. The van der Waals surface area contributed by atoms with Gasteiger partial charge in [-0.05, 0) is 77.5 Å². The number of nitrogens with one attached hydrogen (secondary N) is 1. The maximum atomic E-state index is 13.1. The second-order valence-corrected chi connectivity index (χ2v) is 8.78. The molecule has 1 fully saturated rings. The van der Waals surface area contributed by atoms with Gasteiger partial charge in [0.05, 0.1) is 22.7 Å². The zero-order valence-electron chi connectivity index (χ0n) is 17.3. The molecule has 4 rings (SSSR count). The van der Waals surface area contributed by atoms with E-state index >= 15 is 0 Å². The molecule has 1 aliphatic heterocycles. The van der Waals surface area contributed by atoms with Crippen molar-refractivity contribution in [3.05, 3.63) is 92.6 Å². The Labute approximate surface area is 204 Å². The highest BCUT2D eigenvalue weighted by Gasteiger charge is 2.24. The number of carbonyl (C=O) groups excluding carboxylic acids is 1. The number of aliphatic imine (C=N–C) groups is 1. The van der Waals surface area contributed by atoms with Crippen molar-refractivity contribution in [3.63, 3.8) is 0 Å². The SMILES string of the molecule is COc1cc(/C=C2\SC(=Nc3ccc(F)cc3)NC2=O)cc(Cl)c1OCc1ccc(Cl)cc1. The van der Waals surface area contributed by atoms with Gasteiger partial charge in [-0.2, -0.15) is 0 Å². The third-order valence-corrected chi connectivity index (χ3v) is 6.00. The first-order valence-electron chi connectivity index (χ1n) is 9.71. The monoisotopic (exact) mass is 502 g/mol. The molecule has 3 aromatic carbocycles. The van der Waals surface area contributed by atoms with E-state index in [9.17, 15) is 9.18 Å². The van der Waals surface area contributed by atoms with Gasteiger partial charge < -0.3 is 14.8 Å². The van der Waals surface area contributed by atoms with Crippen LogP contribution in [0.1, 0.15) is 11.1 Å². The average Bonchev–Trinajstić information content (AvgIpc) is 3.13. The number of methoxy groups -OCH3 is 1. The van der Waals surface area contributed by atoms with Gasteiger partial charge in [-0.25, -0.2) is 9.38 Å². The summed E-state index contributed by atoms with van der Waals surface area (Å²) in [5.41, 5.74) is 2.12. The summed E-state index contributed by atoms with van der Waals surface area (Å²) in [6.45, 7) is 0.287. The molecule has 0 atom stereocenters. The van der Waals surface area contributed by atoms with Crippen molar-refractivity contribution < 1.29 is 18.7 Å². The van der Waals surface area contributed by atoms with Crippen LogP contribution in [0, 0.1) is 5.82 Å². The number of hydrogen-bond acceptors (Lipinski definition) is 5. The minimum atomic E-state index is -0.353. The van der Waals surface area contributed by atoms with Crippen LogP contribution in [0.5, 0.6) is 11.5 Å². The second-order valence-electron chi connectivity index (χ2n) is 6.91. The van der Waals surface area contributed by atoms with E-state index in [0.29, 0.717) is 42.9 Å². The zero-order chi connectivity index (χ0) is 23.4. The minimum absolute atomic E-state index is 0.287. The highest BCUT2D eigenvalue weighted by Crippen LogP contribution is 2.38. The first kappa shape index (κ1) is 23.2. The zero-order valence-corrected chi connectivity index (χ0v) is 19.6. The van der Waals surface area contributed by atoms with Crippen LogP contribution in [0.2, 0.25) is 10.0 Å². The third-order valence-electron chi connectivity index (χ3n) is 4.55. The predicted molar refractivity (Wildman–Crippen MR) is 131 cm³/mol. The van der Waals surface area contributed by atoms with Gasteiger partial charge >= 0.3 is 0 Å². The molecule has 3 aromatic rings. The smallest absolute Gasteiger partial charge is 0.264 e. The lowest BCUT2D eigenvalue weighted by Gasteiger charge is -2.13. The molecule has 5 nitrogen and oxygen atoms in total. The fourth-order valence-electron chi connectivity index (χ4n) is 2.96. The number of rotatable bonds is 6. The van der Waals surface area contributed by atoms with Gasteiger partial charge in [-0.3, -0.25) is 4.79 Å². The van der Waals surface area contributed by atoms with Crippen molar-refractivity contribution in [1.82, 2.24) is 5.32 Å². The molecular formula is C24H17Cl2FN2O3S. The van der Waals surface area contributed by atoms with E-state index in [1.54, 1.807) is 30.3 Å². The molecule has 0 aromatic heterocycles. The largest absolute Gasteiger partial charge is 0.493 e. The summed E-state index contributed by atoms with van der Waals surface area (Å²) >= 11 is 13.5. The Morgan fingerprint density at radius 3 is 2.52 bits per heavy atom. The van der Waals surface area contributed by atoms with E-state index in [2.05, 4.69) is 10.3 Å². The number of carbonyl (C=O) groups is 1. The Balaban J connectivity index is 1.52. The molecule has 1 aliphatic rings. The number of ether oxygens (including phenoxy) is 2. The van der Waals surface area contributed by atoms with Crippen LogP contribution in [-0.4, -0.2) is 18.2 Å². The number of halogens is 3. The van der Waals surface area contributed by atoms with Gasteiger partial charge in [-0.1, -0.05) is 35.3 Å². The molecule has 1 amide bonds. The van der Waals surface area contributed by atoms with E-state index in [-0.39, 0.29) is 18.3 Å². The van der Waals surface area contributed by atoms with Crippen LogP contribution in [0.15, 0.2) is 70.6 Å². The van der Waals surface area contributed by atoms with Crippen molar-refractivity contribution in [2.45, 2.75) is 6.61 Å². The lowest BCUT2D eigenvalue weighted by Crippen LogP contribution is -2.19. The van der Waals surface area contributed by atoms with Gasteiger partial charge in [-0.15, -0.1) is 0 Å². The van der Waals surface area contributed by atoms with Crippen LogP contribution < -0.4 is 14.8 Å². The van der Waals surface area contributed by atoms with Crippen LogP contribution in [0.25, 0.3) is 6.08 Å². The van der Waals surface area contributed by atoms with Gasteiger partial charge in [0, 0.05) is 5.02 Å². The van der Waals surface area contributed by atoms with Gasteiger partial charge in [0.15, 0.2) is 16.7 Å². The topological polar surface area (TPSA) is 59.9 Å². The van der Waals surface area contributed by atoms with E-state index in [1.165, 1.54) is 43.1 Å². The molecule has 0 saturated carbocycles. The van der Waals surface area contributed by atoms with Crippen molar-refractivity contribution in [2.24, 2.45) is 4.99 Å². The standard InChI is InChI=1S/C24H17Cl2FN2O3S/c1-31-20-11-15(10-19(26)22(20)32-13-14-2-4-16(25)5-3-14)12-21-23(30)29-24(33-21)28-18-8-6-17(27)7-9-18/h2-12H,13H2,1H3,(H,28,29,30)/b21-12-. The highest BCUT2D eigenvalue weighted by molar-refractivity contribution is 8.18. The number of nitrogens with zero attached hydrogens (tertiary/aromatic N) is 1. The van der Waals surface area contributed by atoms with E-state index in [0.717, 1.165) is 5.56 Å². The second kappa shape index (κ2) is 10.3. The summed E-state index contributed by atoms with van der Waals surface area (Å²) in [7, 11) is 1.52. The lowest BCUT2D eigenvalue weighted by molar-refractivity contribution is -0.115. The summed E-state index contributed by atoms with van der Waals surface area (Å²) in [6, 6.07) is 16.4. The van der Waals surface area contributed by atoms with Gasteiger partial charge in [0.2, 0.25) is 0 Å². The number of amidine groups is 1. The summed E-state index contributed by atoms with van der Waals surface area (Å²) in [6.07, 6.45) is 1.69. The molecule has 0 spiro atoms. The molecule has 1 saturated heterocycles. The van der Waals surface area contributed by atoms with Crippen LogP contribution in [0.3, 0.4) is 0 Å². The lowest BCUT2D eigenvalue weighted by atomic mass is 10.1. The Morgan fingerprint density at radius 2 is 1.82 bits per heavy atom. The Kier molecular flexibility index (Phi) is 7.23. The quantitative estimate of drug-likeness (QED) is 0.385. The maximum absolute atomic E-state index is 13.1. The highest BCUT2D eigenvalue weighted by atomic mass is 35.5. The molecule has 0 aliphatic carbocycles. The molecular weight excluding hydrogens is 486 g/mol. The number of amides is 1. The summed E-state index contributed by atoms with van der Waals surface area (Å²) in [4.78, 5) is 17.1. The average molecular weight is 503 g/mol. The number of hydrogen-bond donors (Lipinski definition) is 1. The van der Waals surface area contributed by atoms with Crippen LogP contribution in [-0.2, 0) is 11.4 Å². The summed E-state index contributed by atoms with van der Waals surface area (Å²) < 4.78 is 24.4. The number of benzene rings is 3. The number of thioether (sulfide) groups is 1. The fourth-order valence-corrected chi connectivity index (χ4v) is 4.21. The minimum Gasteiger partial charge on any atom is -0.493 e. The van der Waals surface area contributed by atoms with Crippen LogP contribution >= 0.6 is 35.0 Å². The molecule has 1 N–H and O–H groups in total. The van der Waals surface area contributed by atoms with Crippen molar-refractivity contribution >= 4 is 57.8 Å². The fraction of sp³-hybridized carbons (Fsp3) is 0.0833. The van der Waals surface area contributed by atoms with E-state index < -0.39 is 0 Å².